The number of hydrogen-bond acceptors (Lipinski definition) is 6. The molecule has 306 valence electrons. The predicted molar refractivity (Wildman–Crippen MR) is 212 cm³/mol. The van der Waals surface area contributed by atoms with Gasteiger partial charge < -0.3 is 29.0 Å². The van der Waals surface area contributed by atoms with Crippen molar-refractivity contribution >= 4 is 49.4 Å². The largest absolute Gasteiger partial charge is 0.507 e. The molecule has 59 heavy (non-hydrogen) atoms. The quantitative estimate of drug-likeness (QED) is 0.0875. The lowest BCUT2D eigenvalue weighted by molar-refractivity contribution is -0.117. The molecular formula is C43H31Br2F6NO7. The summed E-state index contributed by atoms with van der Waals surface area (Å²) in [6.45, 7) is 2.21. The maximum atomic E-state index is 14.1. The molecule has 0 fully saturated rings. The average Bonchev–Trinajstić information content (AvgIpc) is 3.55. The van der Waals surface area contributed by atoms with Gasteiger partial charge in [-0.15, -0.1) is 0 Å². The summed E-state index contributed by atoms with van der Waals surface area (Å²) in [6.07, 6.45) is 0.0907. The Labute approximate surface area is 349 Å². The Hall–Kier alpha value is -5.87. The molecule has 16 heteroatoms. The van der Waals surface area contributed by atoms with Crippen LogP contribution in [0.4, 0.5) is 26.3 Å². The van der Waals surface area contributed by atoms with Gasteiger partial charge in [-0.1, -0.05) is 31.9 Å². The molecule has 1 aromatic heterocycles. The molecule has 0 aliphatic rings. The predicted octanol–water partition coefficient (Wildman–Crippen LogP) is 11.6. The van der Waals surface area contributed by atoms with Crippen LogP contribution in [-0.4, -0.2) is 32.3 Å². The van der Waals surface area contributed by atoms with E-state index in [2.05, 4.69) is 31.9 Å². The second kappa shape index (κ2) is 19.3. The zero-order valence-electron chi connectivity index (χ0n) is 30.9. The van der Waals surface area contributed by atoms with Crippen molar-refractivity contribution in [2.75, 3.05) is 0 Å². The Morgan fingerprint density at radius 2 is 1.17 bits per heavy atom. The number of ketones is 2. The first-order valence-electron chi connectivity index (χ1n) is 17.3. The molecule has 0 unspecified atom stereocenters. The summed E-state index contributed by atoms with van der Waals surface area (Å²) in [6, 6.07) is 19.7. The number of carboxylic acid groups (broad SMARTS) is 1. The number of Topliss-reactive ketones (excluding diaryl/α,β-unsaturated/α-hetero) is 2. The number of hydrogen-bond donors (Lipinski definition) is 2. The summed E-state index contributed by atoms with van der Waals surface area (Å²) < 4.78 is 95.9. The molecule has 0 bridgehead atoms. The molecule has 6 rings (SSSR count). The second-order valence-electron chi connectivity index (χ2n) is 12.9. The topological polar surface area (TPSA) is 115 Å². The zero-order chi connectivity index (χ0) is 43.1. The molecule has 0 aliphatic carbocycles. The van der Waals surface area contributed by atoms with Gasteiger partial charge in [0.25, 0.3) is 0 Å². The van der Waals surface area contributed by atoms with Gasteiger partial charge in [-0.05, 0) is 80.6 Å². The molecule has 8 nitrogen and oxygen atoms in total. The number of carboxylic acids is 1. The Morgan fingerprint density at radius 3 is 1.71 bits per heavy atom. The van der Waals surface area contributed by atoms with Crippen LogP contribution < -0.4 is 9.47 Å². The Bertz CT molecular complexity index is 2530. The molecular weight excluding hydrogens is 916 g/mol. The standard InChI is InChI=1S/C25H17BrF3NO4.C18H14BrF3O3/c1-13-2-5-22(30(13)16-4-6-23(31)18(11-16)25(32)33)17-8-14(26)3-7-24(17)34-12-19-20(28)9-15(27)10-21(19)29;1-10(23)2-4-17(24)13-6-11(19)3-5-18(13)25-9-14-15(21)7-12(20)8-16(14)22/h2-11,31H,12H2,1H3,(H,32,33);3,5-8H,2,4,9H2,1H3. The first-order valence-corrected chi connectivity index (χ1v) is 18.9. The van der Waals surface area contributed by atoms with E-state index in [4.69, 9.17) is 9.47 Å². The van der Waals surface area contributed by atoms with Crippen molar-refractivity contribution in [1.82, 2.24) is 4.57 Å². The third-order valence-electron chi connectivity index (χ3n) is 8.66. The van der Waals surface area contributed by atoms with Crippen molar-refractivity contribution in [1.29, 1.82) is 0 Å². The van der Waals surface area contributed by atoms with E-state index >= 15 is 0 Å². The van der Waals surface area contributed by atoms with Crippen molar-refractivity contribution in [3.63, 3.8) is 0 Å². The van der Waals surface area contributed by atoms with E-state index in [9.17, 15) is 50.9 Å². The average molecular weight is 948 g/mol. The highest BCUT2D eigenvalue weighted by molar-refractivity contribution is 9.10. The smallest absolute Gasteiger partial charge is 0.339 e. The minimum Gasteiger partial charge on any atom is -0.507 e. The van der Waals surface area contributed by atoms with Crippen molar-refractivity contribution in [3.05, 3.63) is 163 Å². The first kappa shape index (κ1) is 44.2. The van der Waals surface area contributed by atoms with Crippen LogP contribution in [0.3, 0.4) is 0 Å². The molecule has 0 amide bonds. The monoisotopic (exact) mass is 945 g/mol. The number of phenols is 1. The molecule has 0 saturated heterocycles. The van der Waals surface area contributed by atoms with Crippen LogP contribution in [0.2, 0.25) is 0 Å². The maximum Gasteiger partial charge on any atom is 0.339 e. The number of ether oxygens (including phenoxy) is 2. The van der Waals surface area contributed by atoms with Gasteiger partial charge in [0, 0.05) is 63.0 Å². The van der Waals surface area contributed by atoms with Crippen LogP contribution in [0.5, 0.6) is 17.2 Å². The normalized spacial score (nSPS) is 10.8. The van der Waals surface area contributed by atoms with Gasteiger partial charge in [0.05, 0.1) is 22.4 Å². The van der Waals surface area contributed by atoms with Gasteiger partial charge in [0.2, 0.25) is 0 Å². The van der Waals surface area contributed by atoms with E-state index in [1.807, 2.05) is 13.0 Å². The van der Waals surface area contributed by atoms with E-state index < -0.39 is 65.2 Å². The highest BCUT2D eigenvalue weighted by Crippen LogP contribution is 2.37. The van der Waals surface area contributed by atoms with Gasteiger partial charge in [0.1, 0.15) is 76.7 Å². The summed E-state index contributed by atoms with van der Waals surface area (Å²) in [7, 11) is 0. The number of aromatic hydroxyl groups is 1. The van der Waals surface area contributed by atoms with E-state index in [1.54, 1.807) is 41.0 Å². The number of benzene rings is 5. The molecule has 6 aromatic rings. The van der Waals surface area contributed by atoms with Crippen molar-refractivity contribution in [2.45, 2.75) is 39.9 Å². The minimum atomic E-state index is -1.28. The number of aryl methyl sites for hydroxylation is 1. The fraction of sp³-hybridized carbons (Fsp3) is 0.140. The number of carbonyl (C=O) groups is 3. The van der Waals surface area contributed by atoms with Crippen LogP contribution in [0, 0.1) is 41.8 Å². The number of halogens is 8. The van der Waals surface area contributed by atoms with E-state index in [0.29, 0.717) is 55.9 Å². The van der Waals surface area contributed by atoms with Crippen molar-refractivity contribution in [2.24, 2.45) is 0 Å². The molecule has 0 radical (unpaired) electrons. The second-order valence-corrected chi connectivity index (χ2v) is 14.7. The lowest BCUT2D eigenvalue weighted by Crippen LogP contribution is -2.08. The number of rotatable bonds is 13. The van der Waals surface area contributed by atoms with Gasteiger partial charge in [-0.25, -0.2) is 31.1 Å². The van der Waals surface area contributed by atoms with E-state index in [0.717, 1.165) is 5.69 Å². The SMILES string of the molecule is CC(=O)CCC(=O)c1cc(Br)ccc1OCc1c(F)cc(F)cc1F.Cc1ccc(-c2cc(Br)ccc2OCc2c(F)cc(F)cc2F)n1-c1ccc(O)c(C(=O)O)c1. The van der Waals surface area contributed by atoms with Crippen molar-refractivity contribution in [3.8, 4) is 34.2 Å². The minimum absolute atomic E-state index is 0.00141. The third kappa shape index (κ3) is 11.0. The zero-order valence-corrected chi connectivity index (χ0v) is 34.1. The molecule has 0 saturated carbocycles. The molecule has 2 N–H and O–H groups in total. The summed E-state index contributed by atoms with van der Waals surface area (Å²) in [5.74, 6) is -7.97. The molecule has 0 atom stereocenters. The molecule has 0 aliphatic heterocycles. The summed E-state index contributed by atoms with van der Waals surface area (Å²) >= 11 is 6.65. The molecule has 1 heterocycles. The Balaban J connectivity index is 0.000000236. The van der Waals surface area contributed by atoms with Crippen LogP contribution in [0.25, 0.3) is 16.9 Å². The molecule has 0 spiro atoms. The fourth-order valence-electron chi connectivity index (χ4n) is 5.74. The van der Waals surface area contributed by atoms with E-state index in [-0.39, 0.29) is 47.0 Å². The van der Waals surface area contributed by atoms with Crippen molar-refractivity contribution < 1.29 is 60.4 Å². The molecule has 5 aromatic carbocycles. The van der Waals surface area contributed by atoms with Crippen LogP contribution >= 0.6 is 31.9 Å². The summed E-state index contributed by atoms with van der Waals surface area (Å²) in [5.41, 5.74) is 1.49. The van der Waals surface area contributed by atoms with Gasteiger partial charge >= 0.3 is 5.97 Å². The van der Waals surface area contributed by atoms with Crippen LogP contribution in [-0.2, 0) is 18.0 Å². The number of carbonyl (C=O) groups excluding carboxylic acids is 2. The number of aromatic carboxylic acids is 1. The fourth-order valence-corrected chi connectivity index (χ4v) is 6.47. The Morgan fingerprint density at radius 1 is 0.644 bits per heavy atom. The van der Waals surface area contributed by atoms with E-state index in [1.165, 1.54) is 31.2 Å². The lowest BCUT2D eigenvalue weighted by Gasteiger charge is -2.17. The number of nitrogens with zero attached hydrogens (tertiary/aromatic N) is 1. The van der Waals surface area contributed by atoms with Crippen LogP contribution in [0.1, 0.15) is 57.3 Å². The van der Waals surface area contributed by atoms with Gasteiger partial charge in [-0.3, -0.25) is 4.79 Å². The third-order valence-corrected chi connectivity index (χ3v) is 9.65. The van der Waals surface area contributed by atoms with Crippen LogP contribution in [0.15, 0.2) is 99.9 Å². The Kier molecular flexibility index (Phi) is 14.4. The summed E-state index contributed by atoms with van der Waals surface area (Å²) in [4.78, 5) is 34.8. The number of aromatic nitrogens is 1. The first-order chi connectivity index (χ1) is 27.9. The van der Waals surface area contributed by atoms with Gasteiger partial charge in [0.15, 0.2) is 5.78 Å². The lowest BCUT2D eigenvalue weighted by atomic mass is 10.0. The highest BCUT2D eigenvalue weighted by Gasteiger charge is 2.20. The van der Waals surface area contributed by atoms with Gasteiger partial charge in [-0.2, -0.15) is 0 Å². The highest BCUT2D eigenvalue weighted by atomic mass is 79.9. The summed E-state index contributed by atoms with van der Waals surface area (Å²) in [5, 5.41) is 19.3. The maximum absolute atomic E-state index is 14.1.